The number of rotatable bonds is 6. The fourth-order valence-electron chi connectivity index (χ4n) is 4.96. The zero-order chi connectivity index (χ0) is 22.8. The van der Waals surface area contributed by atoms with Crippen molar-refractivity contribution in [1.29, 1.82) is 0 Å². The van der Waals surface area contributed by atoms with Gasteiger partial charge in [-0.05, 0) is 62.1 Å². The number of anilines is 1. The van der Waals surface area contributed by atoms with Gasteiger partial charge in [-0.15, -0.1) is 10.2 Å². The second-order valence-corrected chi connectivity index (χ2v) is 10.1. The highest BCUT2D eigenvalue weighted by atomic mass is 32.2. The van der Waals surface area contributed by atoms with E-state index in [1.54, 1.807) is 7.11 Å². The Kier molecular flexibility index (Phi) is 6.40. The molecule has 2 heterocycles. The second-order valence-electron chi connectivity index (χ2n) is 8.83. The van der Waals surface area contributed by atoms with Crippen LogP contribution >= 0.6 is 11.8 Å². The van der Waals surface area contributed by atoms with Gasteiger partial charge in [0.1, 0.15) is 5.75 Å². The summed E-state index contributed by atoms with van der Waals surface area (Å²) in [6.45, 7) is 2.73. The minimum absolute atomic E-state index is 0.133. The Hall–Kier alpha value is -2.80. The number of thioether (sulfide) groups is 1. The molecule has 0 saturated heterocycles. The molecule has 3 aromatic rings. The second kappa shape index (κ2) is 9.59. The molecule has 0 N–H and O–H groups in total. The molecule has 33 heavy (non-hydrogen) atoms. The van der Waals surface area contributed by atoms with Crippen LogP contribution in [0.3, 0.4) is 0 Å². The molecule has 1 aliphatic heterocycles. The van der Waals surface area contributed by atoms with Crippen molar-refractivity contribution < 1.29 is 9.53 Å². The van der Waals surface area contributed by atoms with E-state index >= 15 is 0 Å². The number of methoxy groups -OCH3 is 1. The van der Waals surface area contributed by atoms with E-state index in [4.69, 9.17) is 4.74 Å². The molecule has 1 aromatic heterocycles. The van der Waals surface area contributed by atoms with Gasteiger partial charge in [-0.3, -0.25) is 9.36 Å². The van der Waals surface area contributed by atoms with Crippen molar-refractivity contribution in [3.05, 3.63) is 54.1 Å². The summed E-state index contributed by atoms with van der Waals surface area (Å²) in [6.07, 6.45) is 6.87. The molecule has 1 amide bonds. The lowest BCUT2D eigenvalue weighted by Crippen LogP contribution is -2.35. The van der Waals surface area contributed by atoms with Gasteiger partial charge in [-0.1, -0.05) is 49.2 Å². The highest BCUT2D eigenvalue weighted by molar-refractivity contribution is 8.00. The van der Waals surface area contributed by atoms with Crippen LogP contribution in [0, 0.1) is 0 Å². The summed E-state index contributed by atoms with van der Waals surface area (Å²) in [6, 6.07) is 16.5. The van der Waals surface area contributed by atoms with Gasteiger partial charge in [0, 0.05) is 23.8 Å². The van der Waals surface area contributed by atoms with E-state index in [1.807, 2.05) is 54.3 Å². The molecule has 2 aliphatic rings. The predicted octanol–water partition coefficient (Wildman–Crippen LogP) is 5.53. The van der Waals surface area contributed by atoms with Crippen molar-refractivity contribution in [2.75, 3.05) is 18.6 Å². The SMILES string of the molecule is COc1ccc(-c2nnc(SC(C)C(=O)N3CCc4ccccc43)n2C2CCCCC2)cc1. The maximum atomic E-state index is 13.4. The number of carbonyl (C=O) groups is 1. The Labute approximate surface area is 199 Å². The molecular formula is C26H30N4O2S. The average molecular weight is 463 g/mol. The van der Waals surface area contributed by atoms with E-state index in [2.05, 4.69) is 20.8 Å². The number of para-hydroxylation sites is 1. The molecule has 6 nitrogen and oxygen atoms in total. The third-order valence-corrected chi connectivity index (χ3v) is 7.78. The maximum Gasteiger partial charge on any atom is 0.240 e. The van der Waals surface area contributed by atoms with Gasteiger partial charge >= 0.3 is 0 Å². The molecular weight excluding hydrogens is 432 g/mol. The van der Waals surface area contributed by atoms with Crippen molar-refractivity contribution in [2.24, 2.45) is 0 Å². The highest BCUT2D eigenvalue weighted by Gasteiger charge is 2.31. The third kappa shape index (κ3) is 4.38. The molecule has 1 aliphatic carbocycles. The molecule has 1 fully saturated rings. The number of ether oxygens (including phenoxy) is 1. The number of hydrogen-bond donors (Lipinski definition) is 0. The van der Waals surface area contributed by atoms with Crippen LogP contribution in [0.15, 0.2) is 53.7 Å². The first-order valence-corrected chi connectivity index (χ1v) is 12.7. The number of amides is 1. The van der Waals surface area contributed by atoms with Gasteiger partial charge in [-0.2, -0.15) is 0 Å². The number of fused-ring (bicyclic) bond motifs is 1. The molecule has 172 valence electrons. The predicted molar refractivity (Wildman–Crippen MR) is 132 cm³/mol. The topological polar surface area (TPSA) is 60.3 Å². The lowest BCUT2D eigenvalue weighted by molar-refractivity contribution is -0.117. The van der Waals surface area contributed by atoms with Crippen LogP contribution in [-0.4, -0.2) is 39.6 Å². The third-order valence-electron chi connectivity index (χ3n) is 6.74. The van der Waals surface area contributed by atoms with Crippen molar-refractivity contribution in [3.8, 4) is 17.1 Å². The van der Waals surface area contributed by atoms with E-state index in [9.17, 15) is 4.79 Å². The molecule has 1 unspecified atom stereocenters. The zero-order valence-corrected chi connectivity index (χ0v) is 20.1. The quantitative estimate of drug-likeness (QED) is 0.451. The first-order chi connectivity index (χ1) is 16.2. The number of aromatic nitrogens is 3. The Morgan fingerprint density at radius 2 is 1.82 bits per heavy atom. The molecule has 1 atom stereocenters. The summed E-state index contributed by atoms with van der Waals surface area (Å²) < 4.78 is 7.61. The molecule has 0 spiro atoms. The monoisotopic (exact) mass is 462 g/mol. The van der Waals surface area contributed by atoms with Crippen LogP contribution in [0.4, 0.5) is 5.69 Å². The summed E-state index contributed by atoms with van der Waals surface area (Å²) in [7, 11) is 1.67. The van der Waals surface area contributed by atoms with Gasteiger partial charge < -0.3 is 9.64 Å². The van der Waals surface area contributed by atoms with E-state index in [1.165, 1.54) is 36.6 Å². The Bertz CT molecular complexity index is 1120. The molecule has 2 aromatic carbocycles. The summed E-state index contributed by atoms with van der Waals surface area (Å²) in [5.41, 5.74) is 3.31. The summed E-state index contributed by atoms with van der Waals surface area (Å²) in [5.74, 6) is 1.83. The Morgan fingerprint density at radius 3 is 2.58 bits per heavy atom. The van der Waals surface area contributed by atoms with E-state index in [0.717, 1.165) is 53.8 Å². The molecule has 7 heteroatoms. The Morgan fingerprint density at radius 1 is 1.06 bits per heavy atom. The largest absolute Gasteiger partial charge is 0.497 e. The molecule has 0 radical (unpaired) electrons. The number of benzene rings is 2. The fourth-order valence-corrected chi connectivity index (χ4v) is 5.94. The molecule has 0 bridgehead atoms. The summed E-state index contributed by atoms with van der Waals surface area (Å²) in [5, 5.41) is 9.76. The van der Waals surface area contributed by atoms with Crippen molar-refractivity contribution in [2.45, 2.75) is 61.9 Å². The Balaban J connectivity index is 1.42. The van der Waals surface area contributed by atoms with Gasteiger partial charge in [0.15, 0.2) is 11.0 Å². The van der Waals surface area contributed by atoms with Crippen molar-refractivity contribution >= 4 is 23.4 Å². The number of carbonyl (C=O) groups excluding carboxylic acids is 1. The van der Waals surface area contributed by atoms with Gasteiger partial charge in [0.05, 0.1) is 12.4 Å². The van der Waals surface area contributed by atoms with Gasteiger partial charge in [-0.25, -0.2) is 0 Å². The van der Waals surface area contributed by atoms with Crippen molar-refractivity contribution in [3.63, 3.8) is 0 Å². The van der Waals surface area contributed by atoms with Gasteiger partial charge in [0.25, 0.3) is 0 Å². The molecule has 5 rings (SSSR count). The fraction of sp³-hybridized carbons (Fsp3) is 0.423. The summed E-state index contributed by atoms with van der Waals surface area (Å²) in [4.78, 5) is 15.3. The lowest BCUT2D eigenvalue weighted by Gasteiger charge is -2.26. The maximum absolute atomic E-state index is 13.4. The number of nitrogens with zero attached hydrogens (tertiary/aromatic N) is 4. The molecule has 1 saturated carbocycles. The normalized spacial score (nSPS) is 17.1. The minimum Gasteiger partial charge on any atom is -0.497 e. The highest BCUT2D eigenvalue weighted by Crippen LogP contribution is 2.38. The number of hydrogen-bond acceptors (Lipinski definition) is 5. The van der Waals surface area contributed by atoms with Crippen LogP contribution in [0.2, 0.25) is 0 Å². The first kappa shape index (κ1) is 22.0. The van der Waals surface area contributed by atoms with Crippen LogP contribution in [-0.2, 0) is 11.2 Å². The lowest BCUT2D eigenvalue weighted by atomic mass is 9.95. The van der Waals surface area contributed by atoms with Crippen LogP contribution < -0.4 is 9.64 Å². The van der Waals surface area contributed by atoms with Crippen molar-refractivity contribution in [1.82, 2.24) is 14.8 Å². The first-order valence-electron chi connectivity index (χ1n) is 11.8. The van der Waals surface area contributed by atoms with Crippen LogP contribution in [0.5, 0.6) is 5.75 Å². The van der Waals surface area contributed by atoms with E-state index in [-0.39, 0.29) is 11.2 Å². The van der Waals surface area contributed by atoms with Crippen LogP contribution in [0.1, 0.15) is 50.6 Å². The standard InChI is InChI=1S/C26H30N4O2S/c1-18(25(31)29-17-16-19-8-6-7-11-23(19)29)33-26-28-27-24(20-12-14-22(32-2)15-13-20)30(26)21-9-4-3-5-10-21/h6-8,11-15,18,21H,3-5,9-10,16-17H2,1-2H3. The summed E-state index contributed by atoms with van der Waals surface area (Å²) >= 11 is 1.53. The average Bonchev–Trinajstić information content (AvgIpc) is 3.48. The van der Waals surface area contributed by atoms with Gasteiger partial charge in [0.2, 0.25) is 5.91 Å². The zero-order valence-electron chi connectivity index (χ0n) is 19.2. The van der Waals surface area contributed by atoms with E-state index < -0.39 is 0 Å². The van der Waals surface area contributed by atoms with E-state index in [0.29, 0.717) is 6.04 Å². The minimum atomic E-state index is -0.244. The van der Waals surface area contributed by atoms with Crippen LogP contribution in [0.25, 0.3) is 11.4 Å². The smallest absolute Gasteiger partial charge is 0.240 e.